The highest BCUT2D eigenvalue weighted by molar-refractivity contribution is 6.46. The topological polar surface area (TPSA) is 124 Å². The molecule has 0 radical (unpaired) electrons. The van der Waals surface area contributed by atoms with Crippen LogP contribution in [0.25, 0.3) is 0 Å². The summed E-state index contributed by atoms with van der Waals surface area (Å²) in [4.78, 5) is 49.2. The van der Waals surface area contributed by atoms with Crippen molar-refractivity contribution in [2.75, 3.05) is 28.4 Å². The number of allylic oxidation sites excluding steroid dienone is 1. The summed E-state index contributed by atoms with van der Waals surface area (Å²) in [5.74, 6) is -4.24. The molecule has 0 spiro atoms. The van der Waals surface area contributed by atoms with E-state index in [1.54, 1.807) is 0 Å². The molecule has 10 heteroatoms. The van der Waals surface area contributed by atoms with Gasteiger partial charge in [0, 0.05) is 6.08 Å². The van der Waals surface area contributed by atoms with E-state index in [4.69, 9.17) is 23.7 Å². The Bertz CT molecular complexity index is 915. The molecule has 148 valence electrons. The van der Waals surface area contributed by atoms with Crippen molar-refractivity contribution in [3.63, 3.8) is 0 Å². The SMILES string of the molecule is COC(=O)c1cc(OC)c2c(c1)O[C@@H]1C(=O)C(=O)C(OC)=C[C@]1(C(=O)OC)O2. The maximum Gasteiger partial charge on any atom is 0.359 e. The molecule has 0 N–H and O–H groups in total. The Kier molecular flexibility index (Phi) is 4.72. The zero-order valence-corrected chi connectivity index (χ0v) is 15.4. The van der Waals surface area contributed by atoms with Crippen LogP contribution in [0.3, 0.4) is 0 Å². The number of ketones is 2. The van der Waals surface area contributed by atoms with E-state index < -0.39 is 35.2 Å². The summed E-state index contributed by atoms with van der Waals surface area (Å²) in [5, 5.41) is 0. The molecule has 1 aliphatic carbocycles. The lowest BCUT2D eigenvalue weighted by Gasteiger charge is -2.41. The van der Waals surface area contributed by atoms with E-state index in [1.165, 1.54) is 33.5 Å². The lowest BCUT2D eigenvalue weighted by molar-refractivity contribution is -0.172. The molecule has 0 saturated carbocycles. The third kappa shape index (κ3) is 2.65. The summed E-state index contributed by atoms with van der Waals surface area (Å²) in [6, 6.07) is 2.56. The average Bonchev–Trinajstić information content (AvgIpc) is 2.73. The van der Waals surface area contributed by atoms with Gasteiger partial charge in [-0.3, -0.25) is 9.59 Å². The third-order valence-corrected chi connectivity index (χ3v) is 4.32. The van der Waals surface area contributed by atoms with Gasteiger partial charge in [-0.15, -0.1) is 0 Å². The quantitative estimate of drug-likeness (QED) is 0.519. The van der Waals surface area contributed by atoms with Gasteiger partial charge in [0.2, 0.25) is 11.9 Å². The van der Waals surface area contributed by atoms with Gasteiger partial charge in [0.15, 0.2) is 17.3 Å². The van der Waals surface area contributed by atoms with E-state index in [0.717, 1.165) is 13.2 Å². The Hall–Kier alpha value is -3.56. The number of carbonyl (C=O) groups is 4. The summed E-state index contributed by atoms with van der Waals surface area (Å²) in [5.41, 5.74) is -2.06. The molecule has 2 atom stereocenters. The van der Waals surface area contributed by atoms with E-state index in [9.17, 15) is 19.2 Å². The molecular weight excluding hydrogens is 376 g/mol. The fourth-order valence-electron chi connectivity index (χ4n) is 2.96. The largest absolute Gasteiger partial charge is 0.493 e. The average molecular weight is 392 g/mol. The molecule has 0 saturated heterocycles. The number of hydrogen-bond acceptors (Lipinski definition) is 10. The van der Waals surface area contributed by atoms with Gasteiger partial charge in [-0.25, -0.2) is 9.59 Å². The minimum atomic E-state index is -2.11. The molecule has 2 aliphatic rings. The van der Waals surface area contributed by atoms with Crippen LogP contribution in [0.2, 0.25) is 0 Å². The minimum Gasteiger partial charge on any atom is -0.493 e. The summed E-state index contributed by atoms with van der Waals surface area (Å²) in [7, 11) is 4.76. The molecule has 1 aromatic rings. The van der Waals surface area contributed by atoms with E-state index in [2.05, 4.69) is 4.74 Å². The zero-order chi connectivity index (χ0) is 20.6. The van der Waals surface area contributed by atoms with Crippen LogP contribution in [0.5, 0.6) is 17.2 Å². The summed E-state index contributed by atoms with van der Waals surface area (Å²) >= 11 is 0. The van der Waals surface area contributed by atoms with Gasteiger partial charge in [0.1, 0.15) is 0 Å². The number of methoxy groups -OCH3 is 4. The number of ether oxygens (including phenoxy) is 6. The van der Waals surface area contributed by atoms with Crippen molar-refractivity contribution in [3.8, 4) is 17.2 Å². The molecule has 0 fully saturated rings. The van der Waals surface area contributed by atoms with Crippen molar-refractivity contribution in [1.29, 1.82) is 0 Å². The number of fused-ring (bicyclic) bond motifs is 2. The van der Waals surface area contributed by atoms with Crippen molar-refractivity contribution in [2.24, 2.45) is 0 Å². The highest BCUT2D eigenvalue weighted by Gasteiger charge is 2.62. The van der Waals surface area contributed by atoms with Crippen LogP contribution in [-0.2, 0) is 28.6 Å². The first-order chi connectivity index (χ1) is 13.3. The van der Waals surface area contributed by atoms with Crippen molar-refractivity contribution >= 4 is 23.5 Å². The lowest BCUT2D eigenvalue weighted by atomic mass is 9.83. The first-order valence-electron chi connectivity index (χ1n) is 7.92. The molecule has 0 aromatic heterocycles. The second kappa shape index (κ2) is 6.87. The molecule has 1 heterocycles. The van der Waals surface area contributed by atoms with Gasteiger partial charge < -0.3 is 28.4 Å². The highest BCUT2D eigenvalue weighted by atomic mass is 16.6. The molecule has 0 amide bonds. The normalized spacial score (nSPS) is 22.6. The Labute approximate surface area is 158 Å². The number of hydrogen-bond donors (Lipinski definition) is 0. The van der Waals surface area contributed by atoms with E-state index >= 15 is 0 Å². The molecule has 10 nitrogen and oxygen atoms in total. The molecule has 0 bridgehead atoms. The fourth-order valence-corrected chi connectivity index (χ4v) is 2.96. The predicted octanol–water partition coefficient (Wildman–Crippen LogP) is 0.215. The monoisotopic (exact) mass is 392 g/mol. The van der Waals surface area contributed by atoms with Crippen molar-refractivity contribution < 1.29 is 47.6 Å². The highest BCUT2D eigenvalue weighted by Crippen LogP contribution is 2.48. The number of rotatable bonds is 4. The van der Waals surface area contributed by atoms with Gasteiger partial charge in [-0.1, -0.05) is 0 Å². The van der Waals surface area contributed by atoms with Crippen LogP contribution in [-0.4, -0.2) is 63.6 Å². The van der Waals surface area contributed by atoms with Crippen molar-refractivity contribution in [3.05, 3.63) is 29.5 Å². The van der Waals surface area contributed by atoms with Gasteiger partial charge in [-0.2, -0.15) is 0 Å². The van der Waals surface area contributed by atoms with Crippen LogP contribution in [0.4, 0.5) is 0 Å². The first-order valence-corrected chi connectivity index (χ1v) is 7.92. The minimum absolute atomic E-state index is 0.0383. The Morgan fingerprint density at radius 2 is 1.75 bits per heavy atom. The number of benzene rings is 1. The van der Waals surface area contributed by atoms with E-state index in [1.807, 2.05) is 0 Å². The lowest BCUT2D eigenvalue weighted by Crippen LogP contribution is -2.64. The fraction of sp³-hybridized carbons (Fsp3) is 0.333. The summed E-state index contributed by atoms with van der Waals surface area (Å²) in [6.45, 7) is 0. The number of carbonyl (C=O) groups excluding carboxylic acids is 4. The van der Waals surface area contributed by atoms with Gasteiger partial charge in [0.05, 0.1) is 34.0 Å². The number of Topliss-reactive ketones (excluding diaryl/α,β-unsaturated/α-hetero) is 2. The number of esters is 2. The smallest absolute Gasteiger partial charge is 0.359 e. The molecule has 28 heavy (non-hydrogen) atoms. The van der Waals surface area contributed by atoms with Crippen molar-refractivity contribution in [2.45, 2.75) is 11.7 Å². The van der Waals surface area contributed by atoms with Gasteiger partial charge >= 0.3 is 11.9 Å². The Morgan fingerprint density at radius 3 is 2.32 bits per heavy atom. The maximum absolute atomic E-state index is 12.6. The van der Waals surface area contributed by atoms with Crippen LogP contribution in [0.15, 0.2) is 24.0 Å². The molecule has 0 unspecified atom stereocenters. The summed E-state index contributed by atoms with van der Waals surface area (Å²) < 4.78 is 31.0. The second-order valence-corrected chi connectivity index (χ2v) is 5.79. The van der Waals surface area contributed by atoms with Crippen LogP contribution >= 0.6 is 0 Å². The van der Waals surface area contributed by atoms with Gasteiger partial charge in [0.25, 0.3) is 17.2 Å². The van der Waals surface area contributed by atoms with E-state index in [0.29, 0.717) is 0 Å². The van der Waals surface area contributed by atoms with Crippen LogP contribution in [0, 0.1) is 0 Å². The van der Waals surface area contributed by atoms with Crippen LogP contribution < -0.4 is 14.2 Å². The molecule has 3 rings (SSSR count). The third-order valence-electron chi connectivity index (χ3n) is 4.32. The molecule has 1 aromatic carbocycles. The van der Waals surface area contributed by atoms with Crippen LogP contribution in [0.1, 0.15) is 10.4 Å². The maximum atomic E-state index is 12.6. The van der Waals surface area contributed by atoms with Crippen molar-refractivity contribution in [1.82, 2.24) is 0 Å². The Morgan fingerprint density at radius 1 is 1.04 bits per heavy atom. The zero-order valence-electron chi connectivity index (χ0n) is 15.4. The first kappa shape index (κ1) is 19.2. The molecular formula is C18H16O10. The Balaban J connectivity index is 2.24. The second-order valence-electron chi connectivity index (χ2n) is 5.79. The molecule has 1 aliphatic heterocycles. The van der Waals surface area contributed by atoms with Gasteiger partial charge in [-0.05, 0) is 12.1 Å². The predicted molar refractivity (Wildman–Crippen MR) is 89.2 cm³/mol. The summed E-state index contributed by atoms with van der Waals surface area (Å²) in [6.07, 6.45) is -0.652. The standard InChI is InChI=1S/C18H16O10/c1-23-9-5-8(16(21)25-3)6-10-14(9)28-18(17(22)26-4)7-11(24-2)12(19)13(20)15(18)27-10/h5-7,15H,1-4H3/t15-,18+/m1/s1. The van der Waals surface area contributed by atoms with E-state index in [-0.39, 0.29) is 28.6 Å².